The Morgan fingerprint density at radius 3 is 2.13 bits per heavy atom. The Morgan fingerprint density at radius 1 is 0.821 bits per heavy atom. The van der Waals surface area contributed by atoms with Crippen LogP contribution in [0.5, 0.6) is 0 Å². The van der Waals surface area contributed by atoms with Crippen LogP contribution in [-0.2, 0) is 16.1 Å². The van der Waals surface area contributed by atoms with Crippen LogP contribution in [0, 0.1) is 5.92 Å². The molecule has 4 aromatic carbocycles. The highest BCUT2D eigenvalue weighted by Gasteiger charge is 2.28. The van der Waals surface area contributed by atoms with Crippen molar-refractivity contribution in [1.29, 1.82) is 0 Å². The molecule has 0 saturated heterocycles. The summed E-state index contributed by atoms with van der Waals surface area (Å²) >= 11 is 0. The lowest BCUT2D eigenvalue weighted by Crippen LogP contribution is -2.36. The van der Waals surface area contributed by atoms with Gasteiger partial charge in [0.25, 0.3) is 0 Å². The van der Waals surface area contributed by atoms with E-state index in [1.807, 2.05) is 49.3 Å². The maximum atomic E-state index is 14.0. The predicted octanol–water partition coefficient (Wildman–Crippen LogP) is 7.47. The fraction of sp³-hybridized carbons (Fsp3) is 0.294. The lowest BCUT2D eigenvalue weighted by molar-refractivity contribution is -0.123. The average molecular weight is 521 g/mol. The van der Waals surface area contributed by atoms with Crippen LogP contribution < -0.4 is 9.80 Å². The van der Waals surface area contributed by atoms with Crippen molar-refractivity contribution in [1.82, 2.24) is 0 Å². The third-order valence-electron chi connectivity index (χ3n) is 7.80. The van der Waals surface area contributed by atoms with Crippen LogP contribution in [0.3, 0.4) is 0 Å². The SMILES string of the molecule is COC(=O)c1ccc2cccc(N(Cc3ccc(-c4ccc(N(C)C)cc4)cc3)C(=O)C3CCCCC3)c2c1. The second kappa shape index (κ2) is 11.7. The molecule has 1 aliphatic carbocycles. The van der Waals surface area contributed by atoms with Crippen molar-refractivity contribution in [2.24, 2.45) is 5.92 Å². The normalized spacial score (nSPS) is 13.7. The van der Waals surface area contributed by atoms with E-state index in [4.69, 9.17) is 4.74 Å². The molecule has 1 saturated carbocycles. The lowest BCUT2D eigenvalue weighted by Gasteiger charge is -2.30. The molecule has 1 aliphatic rings. The summed E-state index contributed by atoms with van der Waals surface area (Å²) in [6, 6.07) is 28.5. The number of esters is 1. The first-order valence-corrected chi connectivity index (χ1v) is 13.7. The number of ether oxygens (including phenoxy) is 1. The molecule has 4 aromatic rings. The van der Waals surface area contributed by atoms with Gasteiger partial charge in [-0.15, -0.1) is 0 Å². The molecule has 5 rings (SSSR count). The van der Waals surface area contributed by atoms with Crippen LogP contribution in [0.2, 0.25) is 0 Å². The van der Waals surface area contributed by atoms with Gasteiger partial charge in [-0.1, -0.05) is 73.9 Å². The van der Waals surface area contributed by atoms with E-state index in [0.717, 1.165) is 64.5 Å². The van der Waals surface area contributed by atoms with Gasteiger partial charge in [-0.25, -0.2) is 4.79 Å². The van der Waals surface area contributed by atoms with E-state index in [1.54, 1.807) is 6.07 Å². The number of methoxy groups -OCH3 is 1. The summed E-state index contributed by atoms with van der Waals surface area (Å²) < 4.78 is 4.97. The van der Waals surface area contributed by atoms with E-state index in [9.17, 15) is 9.59 Å². The van der Waals surface area contributed by atoms with E-state index in [1.165, 1.54) is 13.5 Å². The number of carbonyl (C=O) groups excluding carboxylic acids is 2. The minimum Gasteiger partial charge on any atom is -0.465 e. The number of carbonyl (C=O) groups is 2. The minimum atomic E-state index is -0.383. The zero-order valence-electron chi connectivity index (χ0n) is 23.0. The van der Waals surface area contributed by atoms with Gasteiger partial charge in [0.05, 0.1) is 24.9 Å². The Morgan fingerprint density at radius 2 is 1.49 bits per heavy atom. The highest BCUT2D eigenvalue weighted by molar-refractivity contribution is 6.06. The molecule has 0 N–H and O–H groups in total. The maximum Gasteiger partial charge on any atom is 0.337 e. The van der Waals surface area contributed by atoms with Gasteiger partial charge < -0.3 is 14.5 Å². The van der Waals surface area contributed by atoms with E-state index >= 15 is 0 Å². The number of amides is 1. The Kier molecular flexibility index (Phi) is 7.97. The molecule has 5 heteroatoms. The number of hydrogen-bond acceptors (Lipinski definition) is 4. The molecule has 1 amide bonds. The van der Waals surface area contributed by atoms with Crippen LogP contribution in [0.1, 0.15) is 48.0 Å². The zero-order chi connectivity index (χ0) is 27.4. The molecular weight excluding hydrogens is 484 g/mol. The summed E-state index contributed by atoms with van der Waals surface area (Å²) in [5.41, 5.74) is 5.84. The van der Waals surface area contributed by atoms with Gasteiger partial charge in [-0.3, -0.25) is 4.79 Å². The van der Waals surface area contributed by atoms with Crippen LogP contribution >= 0.6 is 0 Å². The Hall–Kier alpha value is -4.12. The number of anilines is 2. The molecular formula is C34H36N2O3. The molecule has 0 unspecified atom stereocenters. The van der Waals surface area contributed by atoms with Crippen molar-refractivity contribution in [2.75, 3.05) is 31.0 Å². The lowest BCUT2D eigenvalue weighted by atomic mass is 9.88. The Bertz CT molecular complexity index is 1450. The largest absolute Gasteiger partial charge is 0.465 e. The smallest absolute Gasteiger partial charge is 0.337 e. The van der Waals surface area contributed by atoms with Crippen LogP contribution in [0.25, 0.3) is 21.9 Å². The van der Waals surface area contributed by atoms with Gasteiger partial charge in [0, 0.05) is 31.1 Å². The van der Waals surface area contributed by atoms with E-state index in [-0.39, 0.29) is 17.8 Å². The Labute approximate surface area is 231 Å². The predicted molar refractivity (Wildman–Crippen MR) is 159 cm³/mol. The molecule has 0 aromatic heterocycles. The first kappa shape index (κ1) is 26.5. The van der Waals surface area contributed by atoms with E-state index in [0.29, 0.717) is 12.1 Å². The molecule has 39 heavy (non-hydrogen) atoms. The second-order valence-electron chi connectivity index (χ2n) is 10.6. The van der Waals surface area contributed by atoms with Crippen molar-refractivity contribution in [3.63, 3.8) is 0 Å². The molecule has 0 spiro atoms. The average Bonchev–Trinajstić information content (AvgIpc) is 2.99. The van der Waals surface area contributed by atoms with Crippen molar-refractivity contribution < 1.29 is 14.3 Å². The summed E-state index contributed by atoms with van der Waals surface area (Å²) in [5, 5.41) is 1.86. The number of hydrogen-bond donors (Lipinski definition) is 0. The van der Waals surface area contributed by atoms with Gasteiger partial charge in [0.1, 0.15) is 0 Å². The van der Waals surface area contributed by atoms with E-state index < -0.39 is 0 Å². The third kappa shape index (κ3) is 5.83. The van der Waals surface area contributed by atoms with Crippen LogP contribution in [0.4, 0.5) is 11.4 Å². The summed E-state index contributed by atoms with van der Waals surface area (Å²) in [7, 11) is 5.46. The molecule has 200 valence electrons. The molecule has 0 bridgehead atoms. The van der Waals surface area contributed by atoms with Gasteiger partial charge in [-0.2, -0.15) is 0 Å². The highest BCUT2D eigenvalue weighted by atomic mass is 16.5. The van der Waals surface area contributed by atoms with E-state index in [2.05, 4.69) is 53.4 Å². The fourth-order valence-corrected chi connectivity index (χ4v) is 5.53. The summed E-state index contributed by atoms with van der Waals surface area (Å²) in [4.78, 5) is 30.4. The standard InChI is InChI=1S/C34H36N2O3/c1-35(2)30-20-18-26(19-21-30)25-14-12-24(13-15-25)23-36(33(37)28-8-5-4-6-9-28)32-11-7-10-27-16-17-29(22-31(27)32)34(38)39-3/h7,10-22,28H,4-6,8-9,23H2,1-3H3. The zero-order valence-corrected chi connectivity index (χ0v) is 23.0. The van der Waals surface area contributed by atoms with Gasteiger partial charge >= 0.3 is 5.97 Å². The summed E-state index contributed by atoms with van der Waals surface area (Å²) in [5.74, 6) is -0.202. The number of benzene rings is 4. The topological polar surface area (TPSA) is 49.9 Å². The maximum absolute atomic E-state index is 14.0. The highest BCUT2D eigenvalue weighted by Crippen LogP contribution is 2.34. The van der Waals surface area contributed by atoms with Gasteiger partial charge in [-0.05, 0) is 65.3 Å². The number of fused-ring (bicyclic) bond motifs is 1. The molecule has 0 aliphatic heterocycles. The first-order chi connectivity index (χ1) is 18.9. The van der Waals surface area contributed by atoms with Crippen molar-refractivity contribution in [3.05, 3.63) is 96.1 Å². The molecule has 0 atom stereocenters. The van der Waals surface area contributed by atoms with Gasteiger partial charge in [0.2, 0.25) is 5.91 Å². The molecule has 0 heterocycles. The quantitative estimate of drug-likeness (QED) is 0.237. The Balaban J connectivity index is 1.49. The number of rotatable bonds is 7. The van der Waals surface area contributed by atoms with Crippen LogP contribution in [-0.4, -0.2) is 33.1 Å². The van der Waals surface area contributed by atoms with Crippen LogP contribution in [0.15, 0.2) is 84.9 Å². The molecule has 0 radical (unpaired) electrons. The minimum absolute atomic E-state index is 0.0206. The number of nitrogens with zero attached hydrogens (tertiary/aromatic N) is 2. The fourth-order valence-electron chi connectivity index (χ4n) is 5.53. The summed E-state index contributed by atoms with van der Waals surface area (Å²) in [6.45, 7) is 0.469. The monoisotopic (exact) mass is 520 g/mol. The second-order valence-corrected chi connectivity index (χ2v) is 10.6. The third-order valence-corrected chi connectivity index (χ3v) is 7.80. The van der Waals surface area contributed by atoms with Gasteiger partial charge in [0.15, 0.2) is 0 Å². The van der Waals surface area contributed by atoms with Crippen molar-refractivity contribution in [3.8, 4) is 11.1 Å². The van der Waals surface area contributed by atoms with Crippen molar-refractivity contribution in [2.45, 2.75) is 38.6 Å². The van der Waals surface area contributed by atoms with Crippen molar-refractivity contribution >= 4 is 34.0 Å². The first-order valence-electron chi connectivity index (χ1n) is 13.7. The molecule has 5 nitrogen and oxygen atoms in total. The molecule has 1 fully saturated rings. The summed E-state index contributed by atoms with van der Waals surface area (Å²) in [6.07, 6.45) is 5.23.